The van der Waals surface area contributed by atoms with Crippen molar-refractivity contribution in [3.8, 4) is 17.2 Å². The summed E-state index contributed by atoms with van der Waals surface area (Å²) in [5.41, 5.74) is 0.444. The number of hydrogen-bond acceptors (Lipinski definition) is 9. The van der Waals surface area contributed by atoms with E-state index in [1.807, 2.05) is 6.92 Å². The maximum atomic E-state index is 13.8. The maximum absolute atomic E-state index is 13.8. The summed E-state index contributed by atoms with van der Waals surface area (Å²) < 4.78 is 5.34. The Morgan fingerprint density at radius 2 is 1.82 bits per heavy atom. The monoisotopic (exact) mass is 541 g/mol. The molecule has 204 valence electrons. The van der Waals surface area contributed by atoms with E-state index in [9.17, 15) is 24.6 Å². The molecule has 2 atom stereocenters. The number of ether oxygens (including phenoxy) is 1. The lowest BCUT2D eigenvalue weighted by molar-refractivity contribution is -0.136. The third-order valence-corrected chi connectivity index (χ3v) is 8.14. The number of aromatic nitrogens is 1. The van der Waals surface area contributed by atoms with Crippen LogP contribution in [0.1, 0.15) is 74.8 Å². The number of nitrogens with zero attached hydrogens (tertiary/aromatic N) is 3. The van der Waals surface area contributed by atoms with Crippen LogP contribution in [0.3, 0.4) is 0 Å². The van der Waals surface area contributed by atoms with Crippen molar-refractivity contribution in [1.82, 2.24) is 9.88 Å². The number of carbonyl (C=O) groups excluding carboxylic acids is 3. The molecular formula is C30H27N3O7. The Hall–Kier alpha value is -4.73. The fourth-order valence-corrected chi connectivity index (χ4v) is 6.38. The van der Waals surface area contributed by atoms with Gasteiger partial charge in [-0.3, -0.25) is 19.4 Å². The summed E-state index contributed by atoms with van der Waals surface area (Å²) in [4.78, 5) is 52.3. The maximum Gasteiger partial charge on any atom is 0.228 e. The normalized spacial score (nSPS) is 21.6. The van der Waals surface area contributed by atoms with E-state index < -0.39 is 28.9 Å². The average Bonchev–Trinajstić information content (AvgIpc) is 3.15. The highest BCUT2D eigenvalue weighted by molar-refractivity contribution is 6.31. The van der Waals surface area contributed by atoms with E-state index in [0.717, 1.165) is 5.56 Å². The first-order chi connectivity index (χ1) is 19.2. The van der Waals surface area contributed by atoms with Crippen LogP contribution < -0.4 is 4.74 Å². The third kappa shape index (κ3) is 3.45. The van der Waals surface area contributed by atoms with E-state index in [0.29, 0.717) is 17.9 Å². The predicted octanol–water partition coefficient (Wildman–Crippen LogP) is 3.50. The smallest absolute Gasteiger partial charge is 0.228 e. The molecule has 2 aromatic carbocycles. The van der Waals surface area contributed by atoms with E-state index in [2.05, 4.69) is 10.1 Å². The van der Waals surface area contributed by atoms with Crippen LogP contribution in [0.5, 0.6) is 17.2 Å². The quantitative estimate of drug-likeness (QED) is 0.289. The molecule has 3 aromatic rings. The van der Waals surface area contributed by atoms with Crippen molar-refractivity contribution in [1.29, 1.82) is 0 Å². The number of aromatic hydroxyl groups is 2. The highest BCUT2D eigenvalue weighted by atomic mass is 16.6. The van der Waals surface area contributed by atoms with Gasteiger partial charge in [-0.15, -0.1) is 0 Å². The van der Waals surface area contributed by atoms with Crippen LogP contribution in [0, 0.1) is 0 Å². The minimum atomic E-state index is -1.00. The Morgan fingerprint density at radius 1 is 1.10 bits per heavy atom. The fraction of sp³-hybridized carbons (Fsp3) is 0.300. The summed E-state index contributed by atoms with van der Waals surface area (Å²) in [6.45, 7) is 3.95. The molecular weight excluding hydrogens is 514 g/mol. The van der Waals surface area contributed by atoms with Crippen LogP contribution in [0.15, 0.2) is 47.9 Å². The molecule has 40 heavy (non-hydrogen) atoms. The second-order valence-corrected chi connectivity index (χ2v) is 10.3. The molecule has 10 heteroatoms. The minimum absolute atomic E-state index is 0.0217. The average molecular weight is 542 g/mol. The van der Waals surface area contributed by atoms with E-state index in [4.69, 9.17) is 9.57 Å². The summed E-state index contributed by atoms with van der Waals surface area (Å²) in [5, 5.41) is 27.6. The number of benzene rings is 2. The molecule has 1 saturated heterocycles. The number of oxime groups is 1. The number of amides is 1. The number of ketones is 2. The summed E-state index contributed by atoms with van der Waals surface area (Å²) in [6.07, 6.45) is 3.57. The van der Waals surface area contributed by atoms with Gasteiger partial charge in [0, 0.05) is 41.9 Å². The number of phenolic OH excluding ortho intramolecular Hbond substituents is 2. The van der Waals surface area contributed by atoms with Crippen molar-refractivity contribution in [2.75, 3.05) is 13.7 Å². The van der Waals surface area contributed by atoms with Gasteiger partial charge in [-0.2, -0.15) is 0 Å². The highest BCUT2D eigenvalue weighted by Crippen LogP contribution is 2.56. The molecule has 0 radical (unpaired) electrons. The van der Waals surface area contributed by atoms with Gasteiger partial charge < -0.3 is 24.7 Å². The van der Waals surface area contributed by atoms with Crippen molar-refractivity contribution in [2.45, 2.75) is 44.7 Å². The first-order valence-electron chi connectivity index (χ1n) is 13.0. The molecule has 1 aliphatic carbocycles. The number of phenols is 2. The van der Waals surface area contributed by atoms with Crippen LogP contribution in [0.25, 0.3) is 0 Å². The topological polar surface area (TPSA) is 139 Å². The fourth-order valence-electron chi connectivity index (χ4n) is 6.38. The summed E-state index contributed by atoms with van der Waals surface area (Å²) in [7, 11) is 1.39. The van der Waals surface area contributed by atoms with Gasteiger partial charge in [0.25, 0.3) is 0 Å². The second kappa shape index (κ2) is 9.18. The highest BCUT2D eigenvalue weighted by Gasteiger charge is 2.57. The van der Waals surface area contributed by atoms with Gasteiger partial charge in [0.2, 0.25) is 11.7 Å². The van der Waals surface area contributed by atoms with Gasteiger partial charge >= 0.3 is 0 Å². The zero-order valence-corrected chi connectivity index (χ0v) is 22.2. The van der Waals surface area contributed by atoms with Gasteiger partial charge in [0.15, 0.2) is 5.78 Å². The van der Waals surface area contributed by atoms with Crippen LogP contribution >= 0.6 is 0 Å². The number of pyridine rings is 1. The summed E-state index contributed by atoms with van der Waals surface area (Å²) in [5.74, 6) is -2.06. The molecule has 3 aliphatic rings. The Kier molecular flexibility index (Phi) is 5.86. The van der Waals surface area contributed by atoms with Crippen molar-refractivity contribution in [3.05, 3.63) is 81.7 Å². The van der Waals surface area contributed by atoms with E-state index in [1.165, 1.54) is 13.2 Å². The Morgan fingerprint density at radius 3 is 2.52 bits per heavy atom. The molecule has 2 bridgehead atoms. The molecule has 2 N–H and O–H groups in total. The molecule has 1 amide bonds. The van der Waals surface area contributed by atoms with Crippen molar-refractivity contribution in [3.63, 3.8) is 0 Å². The summed E-state index contributed by atoms with van der Waals surface area (Å²) >= 11 is 0. The molecule has 2 unspecified atom stereocenters. The van der Waals surface area contributed by atoms with Crippen molar-refractivity contribution >= 4 is 23.2 Å². The van der Waals surface area contributed by atoms with Gasteiger partial charge in [-0.05, 0) is 37.6 Å². The molecule has 1 fully saturated rings. The minimum Gasteiger partial charge on any atom is -0.507 e. The molecule has 2 aliphatic heterocycles. The van der Waals surface area contributed by atoms with Gasteiger partial charge in [0.05, 0.1) is 47.5 Å². The molecule has 0 saturated carbocycles. The Labute approximate surface area is 229 Å². The predicted molar refractivity (Wildman–Crippen MR) is 143 cm³/mol. The molecule has 1 aromatic heterocycles. The number of carbonyl (C=O) groups is 3. The third-order valence-electron chi connectivity index (χ3n) is 8.14. The second-order valence-electron chi connectivity index (χ2n) is 10.3. The lowest BCUT2D eigenvalue weighted by Crippen LogP contribution is -2.54. The zero-order valence-electron chi connectivity index (χ0n) is 22.2. The lowest BCUT2D eigenvalue weighted by Gasteiger charge is -2.44. The van der Waals surface area contributed by atoms with Gasteiger partial charge in [0.1, 0.15) is 23.9 Å². The molecule has 10 nitrogen and oxygen atoms in total. The van der Waals surface area contributed by atoms with Crippen LogP contribution in [-0.4, -0.2) is 62.5 Å². The first kappa shape index (κ1) is 25.5. The van der Waals surface area contributed by atoms with E-state index in [-0.39, 0.29) is 64.5 Å². The first-order valence-corrected chi connectivity index (χ1v) is 13.0. The molecule has 0 spiro atoms. The largest absolute Gasteiger partial charge is 0.507 e. The van der Waals surface area contributed by atoms with Crippen LogP contribution in [0.4, 0.5) is 0 Å². The summed E-state index contributed by atoms with van der Waals surface area (Å²) in [6, 6.07) is 7.40. The van der Waals surface area contributed by atoms with Gasteiger partial charge in [-0.1, -0.05) is 17.3 Å². The number of rotatable bonds is 5. The van der Waals surface area contributed by atoms with Crippen molar-refractivity contribution in [2.24, 2.45) is 5.16 Å². The zero-order chi connectivity index (χ0) is 28.3. The van der Waals surface area contributed by atoms with Crippen molar-refractivity contribution < 1.29 is 34.2 Å². The standard InChI is InChI=1S/C30H27N3O7/c1-4-40-32-20-13-18-22-17(14-30(20,2)33(18)21(34)12-15-8-10-31-11-9-15)27(36)24-25(28(22)37)29(38)23-16(26(24)35)6-5-7-19(23)39-3/h5-11,18,36-37H,4,12-14H2,1-3H3/b32-20+. The molecule has 6 rings (SSSR count). The Bertz CT molecular complexity index is 1630. The van der Waals surface area contributed by atoms with Gasteiger partial charge in [-0.25, -0.2) is 0 Å². The Balaban J connectivity index is 1.55. The van der Waals surface area contributed by atoms with Crippen LogP contribution in [-0.2, 0) is 22.5 Å². The number of hydrogen-bond donors (Lipinski definition) is 2. The number of fused-ring (bicyclic) bond motifs is 6. The SMILES string of the molecule is CCO/N=C1\CC2c3c(O)c4c(c(O)c3CC1(C)N2C(=O)Cc1ccncc1)C(=O)c1cccc(OC)c1C4=O. The van der Waals surface area contributed by atoms with E-state index in [1.54, 1.807) is 48.5 Å². The number of methoxy groups -OCH3 is 1. The van der Waals surface area contributed by atoms with Crippen LogP contribution in [0.2, 0.25) is 0 Å². The molecule has 3 heterocycles. The lowest BCUT2D eigenvalue weighted by atomic mass is 9.76. The van der Waals surface area contributed by atoms with E-state index >= 15 is 0 Å².